The van der Waals surface area contributed by atoms with Crippen molar-refractivity contribution in [3.8, 4) is 17.2 Å². The molecule has 0 saturated carbocycles. The SMILES string of the molecule is COc1ccccc1OCC(=O)NC(C)c1nnnn1-c1ccc(Br)cc1. The number of amides is 1. The molecule has 0 aliphatic carbocycles. The molecule has 27 heavy (non-hydrogen) atoms. The Kier molecular flexibility index (Phi) is 6.02. The molecule has 8 nitrogen and oxygen atoms in total. The molecule has 1 amide bonds. The smallest absolute Gasteiger partial charge is 0.258 e. The van der Waals surface area contributed by atoms with E-state index in [1.54, 1.807) is 23.9 Å². The molecule has 0 bridgehead atoms. The molecule has 0 aliphatic heterocycles. The summed E-state index contributed by atoms with van der Waals surface area (Å²) in [7, 11) is 1.55. The van der Waals surface area contributed by atoms with Crippen molar-refractivity contribution in [1.29, 1.82) is 0 Å². The van der Waals surface area contributed by atoms with Gasteiger partial charge in [0.05, 0.1) is 18.8 Å². The molecule has 1 atom stereocenters. The number of hydrogen-bond acceptors (Lipinski definition) is 6. The second-order valence-corrected chi connectivity index (χ2v) is 6.57. The van der Waals surface area contributed by atoms with E-state index in [4.69, 9.17) is 9.47 Å². The van der Waals surface area contributed by atoms with E-state index < -0.39 is 6.04 Å². The summed E-state index contributed by atoms with van der Waals surface area (Å²) in [4.78, 5) is 12.3. The van der Waals surface area contributed by atoms with Crippen LogP contribution < -0.4 is 14.8 Å². The highest BCUT2D eigenvalue weighted by atomic mass is 79.9. The number of benzene rings is 2. The van der Waals surface area contributed by atoms with Gasteiger partial charge in [0.1, 0.15) is 0 Å². The number of halogens is 1. The van der Waals surface area contributed by atoms with Gasteiger partial charge in [-0.05, 0) is 53.7 Å². The first-order chi connectivity index (χ1) is 13.1. The van der Waals surface area contributed by atoms with Crippen LogP contribution in [0.1, 0.15) is 18.8 Å². The highest BCUT2D eigenvalue weighted by Crippen LogP contribution is 2.25. The van der Waals surface area contributed by atoms with Crippen LogP contribution in [0.15, 0.2) is 53.0 Å². The summed E-state index contributed by atoms with van der Waals surface area (Å²) in [5.41, 5.74) is 0.796. The van der Waals surface area contributed by atoms with Gasteiger partial charge in [0.25, 0.3) is 5.91 Å². The molecule has 9 heteroatoms. The maximum Gasteiger partial charge on any atom is 0.258 e. The molecule has 2 aromatic carbocycles. The molecule has 1 unspecified atom stereocenters. The lowest BCUT2D eigenvalue weighted by molar-refractivity contribution is -0.123. The zero-order valence-electron chi connectivity index (χ0n) is 14.8. The lowest BCUT2D eigenvalue weighted by Gasteiger charge is -2.15. The van der Waals surface area contributed by atoms with Crippen LogP contribution in [0.4, 0.5) is 0 Å². The van der Waals surface area contributed by atoms with Gasteiger partial charge in [0.15, 0.2) is 23.9 Å². The fourth-order valence-corrected chi connectivity index (χ4v) is 2.72. The van der Waals surface area contributed by atoms with Crippen molar-refractivity contribution < 1.29 is 14.3 Å². The van der Waals surface area contributed by atoms with E-state index in [-0.39, 0.29) is 12.5 Å². The zero-order chi connectivity index (χ0) is 19.2. The van der Waals surface area contributed by atoms with Gasteiger partial charge in [-0.25, -0.2) is 0 Å². The third kappa shape index (κ3) is 4.62. The number of aromatic nitrogens is 4. The predicted molar refractivity (Wildman–Crippen MR) is 102 cm³/mol. The van der Waals surface area contributed by atoms with Crippen molar-refractivity contribution in [1.82, 2.24) is 25.5 Å². The molecule has 0 radical (unpaired) electrons. The molecule has 1 N–H and O–H groups in total. The summed E-state index contributed by atoms with van der Waals surface area (Å²) in [6.07, 6.45) is 0. The first kappa shape index (κ1) is 18.8. The molecule has 3 rings (SSSR count). The average Bonchev–Trinajstić information content (AvgIpc) is 3.17. The van der Waals surface area contributed by atoms with Crippen molar-refractivity contribution in [3.63, 3.8) is 0 Å². The van der Waals surface area contributed by atoms with Gasteiger partial charge in [-0.3, -0.25) is 4.79 Å². The van der Waals surface area contributed by atoms with Crippen molar-refractivity contribution >= 4 is 21.8 Å². The Morgan fingerprint density at radius 1 is 1.19 bits per heavy atom. The van der Waals surface area contributed by atoms with E-state index in [1.807, 2.05) is 43.3 Å². The van der Waals surface area contributed by atoms with Gasteiger partial charge in [-0.15, -0.1) is 5.10 Å². The second kappa shape index (κ2) is 8.63. The van der Waals surface area contributed by atoms with E-state index in [1.165, 1.54) is 0 Å². The van der Waals surface area contributed by atoms with Gasteiger partial charge >= 0.3 is 0 Å². The maximum absolute atomic E-state index is 12.3. The molecule has 1 aromatic heterocycles. The fraction of sp³-hybridized carbons (Fsp3) is 0.222. The Morgan fingerprint density at radius 2 is 1.89 bits per heavy atom. The predicted octanol–water partition coefficient (Wildman–Crippen LogP) is 2.69. The number of para-hydroxylation sites is 2. The number of hydrogen-bond donors (Lipinski definition) is 1. The van der Waals surface area contributed by atoms with Crippen LogP contribution in [0, 0.1) is 0 Å². The van der Waals surface area contributed by atoms with Gasteiger partial charge < -0.3 is 14.8 Å². The van der Waals surface area contributed by atoms with Crippen molar-refractivity contribution in [2.24, 2.45) is 0 Å². The fourth-order valence-electron chi connectivity index (χ4n) is 2.46. The standard InChI is InChI=1S/C18H18BrN5O3/c1-12(18-21-22-23-24(18)14-9-7-13(19)8-10-14)20-17(25)11-27-16-6-4-3-5-15(16)26-2/h3-10,12H,11H2,1-2H3,(H,20,25). The summed E-state index contributed by atoms with van der Waals surface area (Å²) in [5.74, 6) is 1.29. The van der Waals surface area contributed by atoms with Crippen LogP contribution in [0.2, 0.25) is 0 Å². The molecule has 0 fully saturated rings. The van der Waals surface area contributed by atoms with Gasteiger partial charge in [0, 0.05) is 4.47 Å². The number of ether oxygens (including phenoxy) is 2. The number of carbonyl (C=O) groups is 1. The lowest BCUT2D eigenvalue weighted by atomic mass is 10.2. The van der Waals surface area contributed by atoms with E-state index in [2.05, 4.69) is 36.8 Å². The van der Waals surface area contributed by atoms with Crippen LogP contribution in [-0.2, 0) is 4.79 Å². The normalized spacial score (nSPS) is 11.7. The Morgan fingerprint density at radius 3 is 2.59 bits per heavy atom. The largest absolute Gasteiger partial charge is 0.493 e. The summed E-state index contributed by atoms with van der Waals surface area (Å²) < 4.78 is 13.3. The minimum Gasteiger partial charge on any atom is -0.493 e. The topological polar surface area (TPSA) is 91.2 Å². The average molecular weight is 432 g/mol. The van der Waals surface area contributed by atoms with Gasteiger partial charge in [-0.1, -0.05) is 28.1 Å². The number of carbonyl (C=O) groups excluding carboxylic acids is 1. The van der Waals surface area contributed by atoms with Gasteiger partial charge in [-0.2, -0.15) is 4.68 Å². The maximum atomic E-state index is 12.3. The van der Waals surface area contributed by atoms with Crippen molar-refractivity contribution in [3.05, 3.63) is 58.8 Å². The minimum absolute atomic E-state index is 0.148. The van der Waals surface area contributed by atoms with Crippen LogP contribution in [0.3, 0.4) is 0 Å². The summed E-state index contributed by atoms with van der Waals surface area (Å²) in [6, 6.07) is 14.3. The molecular formula is C18H18BrN5O3. The van der Waals surface area contributed by atoms with Crippen molar-refractivity contribution in [2.75, 3.05) is 13.7 Å². The summed E-state index contributed by atoms with van der Waals surface area (Å²) in [5, 5.41) is 14.6. The molecule has 0 spiro atoms. The monoisotopic (exact) mass is 431 g/mol. The number of methoxy groups -OCH3 is 1. The zero-order valence-corrected chi connectivity index (χ0v) is 16.4. The second-order valence-electron chi connectivity index (χ2n) is 5.65. The van der Waals surface area contributed by atoms with Crippen LogP contribution >= 0.6 is 15.9 Å². The van der Waals surface area contributed by atoms with Gasteiger partial charge in [0.2, 0.25) is 0 Å². The van der Waals surface area contributed by atoms with Crippen molar-refractivity contribution in [2.45, 2.75) is 13.0 Å². The number of rotatable bonds is 7. The summed E-state index contributed by atoms with van der Waals surface area (Å²) in [6.45, 7) is 1.66. The molecule has 0 aliphatic rings. The Labute approximate surface area is 164 Å². The number of tetrazole rings is 1. The third-order valence-corrected chi connectivity index (χ3v) is 4.29. The van der Waals surface area contributed by atoms with E-state index >= 15 is 0 Å². The minimum atomic E-state index is -0.405. The Bertz CT molecular complexity index is 913. The molecular weight excluding hydrogens is 414 g/mol. The molecule has 0 saturated heterocycles. The first-order valence-corrected chi connectivity index (χ1v) is 8.97. The van der Waals surface area contributed by atoms with Crippen LogP contribution in [0.5, 0.6) is 11.5 Å². The number of nitrogens with one attached hydrogen (secondary N) is 1. The van der Waals surface area contributed by atoms with E-state index in [0.717, 1.165) is 10.2 Å². The number of nitrogens with zero attached hydrogens (tertiary/aromatic N) is 4. The van der Waals surface area contributed by atoms with E-state index in [0.29, 0.717) is 17.3 Å². The molecule has 140 valence electrons. The summed E-state index contributed by atoms with van der Waals surface area (Å²) >= 11 is 3.39. The van der Waals surface area contributed by atoms with Crippen LogP contribution in [0.25, 0.3) is 5.69 Å². The first-order valence-electron chi connectivity index (χ1n) is 8.18. The third-order valence-electron chi connectivity index (χ3n) is 3.76. The van der Waals surface area contributed by atoms with E-state index in [9.17, 15) is 4.79 Å². The quantitative estimate of drug-likeness (QED) is 0.618. The molecule has 3 aromatic rings. The lowest BCUT2D eigenvalue weighted by Crippen LogP contribution is -2.32. The Hall–Kier alpha value is -2.94. The highest BCUT2D eigenvalue weighted by Gasteiger charge is 2.18. The Balaban J connectivity index is 1.64. The molecule has 1 heterocycles. The highest BCUT2D eigenvalue weighted by molar-refractivity contribution is 9.10. The van der Waals surface area contributed by atoms with Crippen LogP contribution in [-0.4, -0.2) is 39.8 Å².